The molecule has 0 aliphatic carbocycles. The van der Waals surface area contributed by atoms with Gasteiger partial charge in [0.1, 0.15) is 5.75 Å². The van der Waals surface area contributed by atoms with Gasteiger partial charge in [0.25, 0.3) is 11.8 Å². The second-order valence-electron chi connectivity index (χ2n) is 21.3. The third kappa shape index (κ3) is 42.8. The summed E-state index contributed by atoms with van der Waals surface area (Å²) >= 11 is 0. The number of carbonyl (C=O) groups excluding carboxylic acids is 2. The van der Waals surface area contributed by atoms with Crippen molar-refractivity contribution in [3.8, 4) is 5.75 Å². The number of benzene rings is 1. The fraction of sp³-hybridized carbons (Fsp3) is 0.873. The Labute approximate surface area is 425 Å². The van der Waals surface area contributed by atoms with E-state index in [0.717, 1.165) is 38.5 Å². The molecule has 0 atom stereocenters. The van der Waals surface area contributed by atoms with E-state index in [0.29, 0.717) is 36.6 Å². The molecular weight excluding hydrogens is 833 g/mol. The minimum atomic E-state index is -0.0940. The van der Waals surface area contributed by atoms with Crippen LogP contribution in [-0.4, -0.2) is 31.5 Å². The van der Waals surface area contributed by atoms with Crippen molar-refractivity contribution in [1.29, 1.82) is 0 Å². The second-order valence-corrected chi connectivity index (χ2v) is 21.3. The second kappa shape index (κ2) is 52.8. The average molecular weight is 952 g/mol. The standard InChI is InChI=1S/C63H118N2O3/c1-4-7-10-13-16-19-22-25-28-30-32-35-38-41-44-47-50-55-64-62(66)59-53-54-60(61(58-59)68-57-52-49-46-43-40-37-34-27-24-21-18-15-12-9-6-3)63(67)65-56-51-48-45-42-39-36-33-31-29-26-23-20-17-14-11-8-5-2/h53-54,58H,4-52,55-57H2,1-3H3,(H,64,66)(H,65,67). The Hall–Kier alpha value is -2.04. The first-order chi connectivity index (χ1) is 33.6. The number of amides is 2. The first-order valence-electron chi connectivity index (χ1n) is 31.0. The molecule has 0 heterocycles. The van der Waals surface area contributed by atoms with Crippen molar-refractivity contribution in [3.05, 3.63) is 29.3 Å². The molecular formula is C63H118N2O3. The maximum atomic E-state index is 13.5. The Kier molecular flexibility index (Phi) is 49.7. The predicted molar refractivity (Wildman–Crippen MR) is 300 cm³/mol. The van der Waals surface area contributed by atoms with Gasteiger partial charge >= 0.3 is 0 Å². The zero-order chi connectivity index (χ0) is 48.9. The summed E-state index contributed by atoms with van der Waals surface area (Å²) in [5, 5.41) is 6.31. The van der Waals surface area contributed by atoms with Crippen LogP contribution in [0.2, 0.25) is 0 Å². The lowest BCUT2D eigenvalue weighted by Gasteiger charge is -2.14. The number of unbranched alkanes of at least 4 members (excludes halogenated alkanes) is 46. The fourth-order valence-corrected chi connectivity index (χ4v) is 9.93. The van der Waals surface area contributed by atoms with Gasteiger partial charge in [-0.2, -0.15) is 0 Å². The maximum Gasteiger partial charge on any atom is 0.255 e. The van der Waals surface area contributed by atoms with Crippen LogP contribution in [0.3, 0.4) is 0 Å². The van der Waals surface area contributed by atoms with Gasteiger partial charge in [0, 0.05) is 18.7 Å². The molecule has 398 valence electrons. The van der Waals surface area contributed by atoms with Crippen molar-refractivity contribution < 1.29 is 14.3 Å². The van der Waals surface area contributed by atoms with Crippen LogP contribution in [0.1, 0.15) is 356 Å². The summed E-state index contributed by atoms with van der Waals surface area (Å²) in [6.45, 7) is 8.82. The van der Waals surface area contributed by atoms with E-state index in [-0.39, 0.29) is 11.8 Å². The van der Waals surface area contributed by atoms with Crippen molar-refractivity contribution >= 4 is 11.8 Å². The summed E-state index contributed by atoms with van der Waals surface area (Å²) in [6.07, 6.45) is 65.8. The van der Waals surface area contributed by atoms with E-state index in [9.17, 15) is 9.59 Å². The van der Waals surface area contributed by atoms with Gasteiger partial charge in [-0.3, -0.25) is 9.59 Å². The number of hydrogen-bond acceptors (Lipinski definition) is 3. The molecule has 1 rings (SSSR count). The van der Waals surface area contributed by atoms with Crippen molar-refractivity contribution in [3.63, 3.8) is 0 Å². The Balaban J connectivity index is 2.35. The molecule has 0 aromatic heterocycles. The minimum absolute atomic E-state index is 0.0752. The highest BCUT2D eigenvalue weighted by Crippen LogP contribution is 2.23. The summed E-state index contributed by atoms with van der Waals surface area (Å²) in [5.41, 5.74) is 1.12. The van der Waals surface area contributed by atoms with E-state index in [1.807, 2.05) is 0 Å². The first-order valence-corrected chi connectivity index (χ1v) is 31.0. The molecule has 2 amide bonds. The van der Waals surface area contributed by atoms with Crippen molar-refractivity contribution in [2.75, 3.05) is 19.7 Å². The molecule has 0 spiro atoms. The van der Waals surface area contributed by atoms with Crippen LogP contribution in [-0.2, 0) is 0 Å². The Morgan fingerprint density at radius 3 is 0.868 bits per heavy atom. The van der Waals surface area contributed by atoms with Gasteiger partial charge in [0.2, 0.25) is 0 Å². The topological polar surface area (TPSA) is 67.4 Å². The minimum Gasteiger partial charge on any atom is -0.493 e. The normalized spacial score (nSPS) is 11.4. The lowest BCUT2D eigenvalue weighted by Crippen LogP contribution is -2.26. The smallest absolute Gasteiger partial charge is 0.255 e. The Morgan fingerprint density at radius 2 is 0.574 bits per heavy atom. The first kappa shape index (κ1) is 64.0. The van der Waals surface area contributed by atoms with Crippen molar-refractivity contribution in [2.45, 2.75) is 335 Å². The van der Waals surface area contributed by atoms with E-state index in [2.05, 4.69) is 31.4 Å². The van der Waals surface area contributed by atoms with Crippen LogP contribution >= 0.6 is 0 Å². The summed E-state index contributed by atoms with van der Waals surface area (Å²) in [6, 6.07) is 5.41. The van der Waals surface area contributed by atoms with Crippen LogP contribution in [0, 0.1) is 0 Å². The van der Waals surface area contributed by atoms with Gasteiger partial charge in [0.05, 0.1) is 12.2 Å². The highest BCUT2D eigenvalue weighted by atomic mass is 16.5. The van der Waals surface area contributed by atoms with Gasteiger partial charge in [0.15, 0.2) is 0 Å². The van der Waals surface area contributed by atoms with Crippen molar-refractivity contribution in [2.24, 2.45) is 0 Å². The van der Waals surface area contributed by atoms with Gasteiger partial charge in [-0.1, -0.05) is 316 Å². The number of hydrogen-bond donors (Lipinski definition) is 2. The third-order valence-corrected chi connectivity index (χ3v) is 14.6. The highest BCUT2D eigenvalue weighted by Gasteiger charge is 2.16. The Bertz CT molecular complexity index is 1200. The molecule has 0 fully saturated rings. The molecule has 0 radical (unpaired) electrons. The SMILES string of the molecule is CCCCCCCCCCCCCCCCCCCNC(=O)c1ccc(C(=O)NCCCCCCCCCCCCCCCCCCC)c(OCCCCCCCCCCCCCCCCC)c1. The van der Waals surface area contributed by atoms with E-state index >= 15 is 0 Å². The molecule has 0 unspecified atom stereocenters. The van der Waals surface area contributed by atoms with Crippen LogP contribution in [0.5, 0.6) is 5.75 Å². The Morgan fingerprint density at radius 1 is 0.324 bits per heavy atom. The molecule has 2 N–H and O–H groups in total. The summed E-state index contributed by atoms with van der Waals surface area (Å²) in [7, 11) is 0. The molecule has 0 bridgehead atoms. The number of carbonyl (C=O) groups is 2. The predicted octanol–water partition coefficient (Wildman–Crippen LogP) is 20.7. The fourth-order valence-electron chi connectivity index (χ4n) is 9.93. The molecule has 1 aromatic rings. The van der Waals surface area contributed by atoms with Crippen LogP contribution in [0.25, 0.3) is 0 Å². The lowest BCUT2D eigenvalue weighted by molar-refractivity contribution is 0.0937. The van der Waals surface area contributed by atoms with Gasteiger partial charge in [-0.05, 0) is 37.5 Å². The monoisotopic (exact) mass is 951 g/mol. The molecule has 68 heavy (non-hydrogen) atoms. The number of rotatable bonds is 55. The number of nitrogens with one attached hydrogen (secondary N) is 2. The lowest BCUT2D eigenvalue weighted by atomic mass is 10.0. The zero-order valence-electron chi connectivity index (χ0n) is 46.2. The maximum absolute atomic E-state index is 13.5. The van der Waals surface area contributed by atoms with E-state index in [1.54, 1.807) is 18.2 Å². The summed E-state index contributed by atoms with van der Waals surface area (Å²) in [4.78, 5) is 26.7. The van der Waals surface area contributed by atoms with Crippen LogP contribution in [0.4, 0.5) is 0 Å². The van der Waals surface area contributed by atoms with Gasteiger partial charge in [-0.15, -0.1) is 0 Å². The molecule has 0 aliphatic rings. The van der Waals surface area contributed by atoms with Gasteiger partial charge < -0.3 is 15.4 Å². The van der Waals surface area contributed by atoms with Gasteiger partial charge in [-0.25, -0.2) is 0 Å². The molecule has 5 nitrogen and oxygen atoms in total. The number of ether oxygens (including phenoxy) is 1. The quantitative estimate of drug-likeness (QED) is 0.0640. The zero-order valence-corrected chi connectivity index (χ0v) is 46.2. The summed E-state index contributed by atoms with van der Waals surface area (Å²) in [5.74, 6) is 0.373. The highest BCUT2D eigenvalue weighted by molar-refractivity contribution is 6.00. The molecule has 0 saturated heterocycles. The average Bonchev–Trinajstić information content (AvgIpc) is 3.35. The third-order valence-electron chi connectivity index (χ3n) is 14.6. The van der Waals surface area contributed by atoms with E-state index in [1.165, 1.54) is 276 Å². The molecule has 1 aromatic carbocycles. The molecule has 0 aliphatic heterocycles. The van der Waals surface area contributed by atoms with Crippen molar-refractivity contribution in [1.82, 2.24) is 10.6 Å². The van der Waals surface area contributed by atoms with Crippen LogP contribution in [0.15, 0.2) is 18.2 Å². The summed E-state index contributed by atoms with van der Waals surface area (Å²) < 4.78 is 6.30. The van der Waals surface area contributed by atoms with E-state index < -0.39 is 0 Å². The molecule has 0 saturated carbocycles. The van der Waals surface area contributed by atoms with E-state index in [4.69, 9.17) is 4.74 Å². The largest absolute Gasteiger partial charge is 0.493 e. The van der Waals surface area contributed by atoms with Crippen LogP contribution < -0.4 is 15.4 Å². The molecule has 5 heteroatoms.